The van der Waals surface area contributed by atoms with Crippen LogP contribution in [-0.2, 0) is 19.1 Å². The summed E-state index contributed by atoms with van der Waals surface area (Å²) in [7, 11) is 0. The third-order valence-corrected chi connectivity index (χ3v) is 6.21. The Morgan fingerprint density at radius 1 is 1.20 bits per heavy atom. The fourth-order valence-electron chi connectivity index (χ4n) is 4.35. The van der Waals surface area contributed by atoms with E-state index >= 15 is 0 Å². The second-order valence-electron chi connectivity index (χ2n) is 9.23. The number of amides is 4. The summed E-state index contributed by atoms with van der Waals surface area (Å²) in [6.07, 6.45) is 1.45. The summed E-state index contributed by atoms with van der Waals surface area (Å²) in [6, 6.07) is 7.74. The van der Waals surface area contributed by atoms with Gasteiger partial charge in [0.25, 0.3) is 11.8 Å². The highest BCUT2D eigenvalue weighted by molar-refractivity contribution is 6.08. The molecule has 0 radical (unpaired) electrons. The average Bonchev–Trinajstić information content (AvgIpc) is 2.90. The van der Waals surface area contributed by atoms with Crippen molar-refractivity contribution < 1.29 is 23.9 Å². The van der Waals surface area contributed by atoms with Gasteiger partial charge in [0.1, 0.15) is 12.1 Å². The summed E-state index contributed by atoms with van der Waals surface area (Å²) in [5, 5.41) is 2.79. The van der Waals surface area contributed by atoms with Crippen LogP contribution in [0.4, 0.5) is 4.79 Å². The number of primary amides is 1. The van der Waals surface area contributed by atoms with Crippen molar-refractivity contribution in [1.82, 2.24) is 10.2 Å². The smallest absolute Gasteiger partial charge is 0.327 e. The van der Waals surface area contributed by atoms with E-state index in [2.05, 4.69) is 26.1 Å². The zero-order chi connectivity index (χ0) is 22.1. The first-order valence-corrected chi connectivity index (χ1v) is 10.2. The van der Waals surface area contributed by atoms with Gasteiger partial charge in [0.15, 0.2) is 0 Å². The van der Waals surface area contributed by atoms with Crippen LogP contribution in [0.25, 0.3) is 0 Å². The van der Waals surface area contributed by atoms with Crippen LogP contribution in [0.3, 0.4) is 0 Å². The van der Waals surface area contributed by atoms with Gasteiger partial charge in [-0.2, -0.15) is 0 Å². The minimum atomic E-state index is -1.28. The summed E-state index contributed by atoms with van der Waals surface area (Å²) < 4.78 is 5.21. The van der Waals surface area contributed by atoms with E-state index in [0.29, 0.717) is 24.3 Å². The van der Waals surface area contributed by atoms with Crippen LogP contribution in [0, 0.1) is 11.3 Å². The third kappa shape index (κ3) is 4.32. The van der Waals surface area contributed by atoms with Gasteiger partial charge in [-0.1, -0.05) is 51.1 Å². The highest BCUT2D eigenvalue weighted by Crippen LogP contribution is 2.43. The van der Waals surface area contributed by atoms with E-state index in [9.17, 15) is 19.2 Å². The van der Waals surface area contributed by atoms with Crippen LogP contribution in [0.15, 0.2) is 30.3 Å². The van der Waals surface area contributed by atoms with Crippen molar-refractivity contribution in [2.45, 2.75) is 58.1 Å². The van der Waals surface area contributed by atoms with Crippen molar-refractivity contribution in [2.24, 2.45) is 17.1 Å². The number of urea groups is 1. The van der Waals surface area contributed by atoms with Gasteiger partial charge in [-0.25, -0.2) is 4.79 Å². The Labute approximate surface area is 176 Å². The van der Waals surface area contributed by atoms with Crippen molar-refractivity contribution in [3.63, 3.8) is 0 Å². The average molecular weight is 415 g/mol. The molecule has 8 heteroatoms. The maximum absolute atomic E-state index is 13.0. The van der Waals surface area contributed by atoms with Crippen LogP contribution in [0.2, 0.25) is 0 Å². The summed E-state index contributed by atoms with van der Waals surface area (Å²) in [5.74, 6) is -1.64. The molecule has 4 amide bonds. The molecule has 2 fully saturated rings. The molecular formula is C22H29N3O5. The van der Waals surface area contributed by atoms with Crippen molar-refractivity contribution in [1.29, 1.82) is 0 Å². The molecule has 30 heavy (non-hydrogen) atoms. The first-order chi connectivity index (χ1) is 14.0. The van der Waals surface area contributed by atoms with E-state index < -0.39 is 42.0 Å². The van der Waals surface area contributed by atoms with Gasteiger partial charge in [-0.3, -0.25) is 19.3 Å². The predicted molar refractivity (Wildman–Crippen MR) is 109 cm³/mol. The molecule has 8 nitrogen and oxygen atoms in total. The third-order valence-electron chi connectivity index (χ3n) is 6.21. The van der Waals surface area contributed by atoms with Gasteiger partial charge in [-0.15, -0.1) is 0 Å². The molecule has 1 aromatic rings. The molecule has 2 aliphatic rings. The largest absolute Gasteiger partial charge is 0.446 e. The molecule has 0 aromatic heterocycles. The molecule has 1 aromatic carbocycles. The molecule has 3 N–H and O–H groups in total. The molecule has 1 saturated carbocycles. The quantitative estimate of drug-likeness (QED) is 0.565. The number of rotatable bonds is 5. The van der Waals surface area contributed by atoms with Crippen LogP contribution < -0.4 is 11.1 Å². The number of esters is 1. The second kappa shape index (κ2) is 8.08. The molecular weight excluding hydrogens is 386 g/mol. The number of nitrogens with one attached hydrogen (secondary N) is 1. The lowest BCUT2D eigenvalue weighted by Crippen LogP contribution is -2.50. The molecule has 162 valence electrons. The van der Waals surface area contributed by atoms with Gasteiger partial charge in [0, 0.05) is 5.56 Å². The minimum absolute atomic E-state index is 0.137. The van der Waals surface area contributed by atoms with Gasteiger partial charge in [0.05, 0.1) is 0 Å². The fourth-order valence-corrected chi connectivity index (χ4v) is 4.35. The molecule has 1 spiro atoms. The lowest BCUT2D eigenvalue weighted by Gasteiger charge is -2.40. The SMILES string of the molecule is CC(C)(C)C1CCC2(CC1)NC(=O)N(CC(=O)OC(C(N)=O)c1ccccc1)C2=O. The van der Waals surface area contributed by atoms with Crippen LogP contribution in [0.5, 0.6) is 0 Å². The molecule has 1 heterocycles. The van der Waals surface area contributed by atoms with E-state index in [4.69, 9.17) is 10.5 Å². The number of carbonyl (C=O) groups is 4. The number of carbonyl (C=O) groups excluding carboxylic acids is 4. The Morgan fingerprint density at radius 3 is 2.33 bits per heavy atom. The summed E-state index contributed by atoms with van der Waals surface area (Å²) >= 11 is 0. The maximum atomic E-state index is 13.0. The van der Waals surface area contributed by atoms with E-state index in [1.807, 2.05) is 0 Å². The van der Waals surface area contributed by atoms with Gasteiger partial charge >= 0.3 is 12.0 Å². The highest BCUT2D eigenvalue weighted by Gasteiger charge is 2.53. The van der Waals surface area contributed by atoms with Crippen LogP contribution in [-0.4, -0.2) is 40.8 Å². The lowest BCUT2D eigenvalue weighted by molar-refractivity contribution is -0.157. The zero-order valence-electron chi connectivity index (χ0n) is 17.6. The van der Waals surface area contributed by atoms with E-state index in [1.165, 1.54) is 0 Å². The van der Waals surface area contributed by atoms with Gasteiger partial charge in [-0.05, 0) is 37.0 Å². The number of benzene rings is 1. The number of hydrogen-bond donors (Lipinski definition) is 2. The van der Waals surface area contributed by atoms with Gasteiger partial charge < -0.3 is 15.8 Å². The molecule has 1 aliphatic carbocycles. The molecule has 1 aliphatic heterocycles. The molecule has 1 atom stereocenters. The molecule has 3 rings (SSSR count). The first kappa shape index (κ1) is 21.8. The van der Waals surface area contributed by atoms with Crippen molar-refractivity contribution in [3.8, 4) is 0 Å². The van der Waals surface area contributed by atoms with Crippen LogP contribution >= 0.6 is 0 Å². The summed E-state index contributed by atoms with van der Waals surface area (Å²) in [6.45, 7) is 5.96. The monoisotopic (exact) mass is 415 g/mol. The number of nitrogens with zero attached hydrogens (tertiary/aromatic N) is 1. The number of imide groups is 1. The molecule has 1 saturated heterocycles. The molecule has 1 unspecified atom stereocenters. The fraction of sp³-hybridized carbons (Fsp3) is 0.545. The number of ether oxygens (including phenoxy) is 1. The minimum Gasteiger partial charge on any atom is -0.446 e. The predicted octanol–water partition coefficient (Wildman–Crippen LogP) is 2.28. The normalized spacial score (nSPS) is 25.2. The summed E-state index contributed by atoms with van der Waals surface area (Å²) in [4.78, 5) is 50.5. The number of hydrogen-bond acceptors (Lipinski definition) is 5. The van der Waals surface area contributed by atoms with Crippen molar-refractivity contribution in [2.75, 3.05) is 6.54 Å². The van der Waals surface area contributed by atoms with E-state index in [1.54, 1.807) is 30.3 Å². The van der Waals surface area contributed by atoms with Crippen LogP contribution in [0.1, 0.15) is 58.1 Å². The Morgan fingerprint density at radius 2 is 1.80 bits per heavy atom. The Hall–Kier alpha value is -2.90. The van der Waals surface area contributed by atoms with Crippen molar-refractivity contribution >= 4 is 23.8 Å². The lowest BCUT2D eigenvalue weighted by atomic mass is 9.67. The zero-order valence-corrected chi connectivity index (χ0v) is 17.6. The maximum Gasteiger partial charge on any atom is 0.327 e. The highest BCUT2D eigenvalue weighted by atomic mass is 16.5. The number of nitrogens with two attached hydrogens (primary N) is 1. The Balaban J connectivity index is 1.66. The standard InChI is InChI=1S/C22H29N3O5/c1-21(2,3)15-9-11-22(12-10-15)19(28)25(20(29)24-22)13-16(26)30-17(18(23)27)14-7-5-4-6-8-14/h4-8,15,17H,9-13H2,1-3H3,(H2,23,27)(H,24,29). The summed E-state index contributed by atoms with van der Waals surface area (Å²) in [5.41, 5.74) is 4.97. The Kier molecular flexibility index (Phi) is 5.87. The van der Waals surface area contributed by atoms with E-state index in [-0.39, 0.29) is 5.41 Å². The Bertz CT molecular complexity index is 838. The molecule has 0 bridgehead atoms. The second-order valence-corrected chi connectivity index (χ2v) is 9.23. The van der Waals surface area contributed by atoms with Gasteiger partial charge in [0.2, 0.25) is 6.10 Å². The topological polar surface area (TPSA) is 119 Å². The van der Waals surface area contributed by atoms with E-state index in [0.717, 1.165) is 17.7 Å². The first-order valence-electron chi connectivity index (χ1n) is 10.2. The van der Waals surface area contributed by atoms with Crippen molar-refractivity contribution in [3.05, 3.63) is 35.9 Å².